The van der Waals surface area contributed by atoms with Crippen LogP contribution in [-0.4, -0.2) is 30.8 Å². The molecule has 3 aromatic rings. The second-order valence-corrected chi connectivity index (χ2v) is 7.86. The number of hydrogen-bond acceptors (Lipinski definition) is 3. The highest BCUT2D eigenvalue weighted by Gasteiger charge is 2.45. The maximum Gasteiger partial charge on any atom is 0.103 e. The predicted molar refractivity (Wildman–Crippen MR) is 99.2 cm³/mol. The predicted octanol–water partition coefficient (Wildman–Crippen LogP) is 3.14. The molecule has 0 amide bonds. The summed E-state index contributed by atoms with van der Waals surface area (Å²) in [4.78, 5) is 0. The van der Waals surface area contributed by atoms with Crippen LogP contribution in [-0.2, 0) is 19.4 Å². The molecule has 5 heteroatoms. The zero-order valence-electron chi connectivity index (χ0n) is 14.9. The normalized spacial score (nSPS) is 24.9. The van der Waals surface area contributed by atoms with E-state index in [1.54, 1.807) is 0 Å². The molecule has 0 radical (unpaired) electrons. The van der Waals surface area contributed by atoms with Crippen LogP contribution in [0, 0.1) is 5.41 Å². The summed E-state index contributed by atoms with van der Waals surface area (Å²) in [6, 6.07) is 10.4. The van der Waals surface area contributed by atoms with E-state index in [0.717, 1.165) is 50.8 Å². The van der Waals surface area contributed by atoms with Gasteiger partial charge in [0.15, 0.2) is 0 Å². The van der Waals surface area contributed by atoms with E-state index in [1.165, 1.54) is 16.8 Å². The van der Waals surface area contributed by atoms with Crippen molar-refractivity contribution in [3.63, 3.8) is 0 Å². The molecule has 1 aromatic carbocycles. The van der Waals surface area contributed by atoms with Crippen molar-refractivity contribution >= 4 is 0 Å². The molecule has 1 fully saturated rings. The fourth-order valence-electron chi connectivity index (χ4n) is 4.77. The molecular formula is C21H24N4O. The Morgan fingerprint density at radius 1 is 1.12 bits per heavy atom. The molecule has 2 aliphatic rings. The number of aliphatic hydroxyl groups excluding tert-OH is 1. The van der Waals surface area contributed by atoms with E-state index in [0.29, 0.717) is 0 Å². The smallest absolute Gasteiger partial charge is 0.103 e. The average Bonchev–Trinajstić information content (AvgIpc) is 3.36. The lowest BCUT2D eigenvalue weighted by Gasteiger charge is -2.36. The van der Waals surface area contributed by atoms with E-state index in [4.69, 9.17) is 0 Å². The first-order valence-corrected chi connectivity index (χ1v) is 9.54. The third-order valence-electron chi connectivity index (χ3n) is 6.28. The summed E-state index contributed by atoms with van der Waals surface area (Å²) in [6.07, 6.45) is 12.0. The fraction of sp³-hybridized carbons (Fsp3) is 0.429. The highest BCUT2D eigenvalue weighted by Crippen LogP contribution is 2.48. The zero-order chi connectivity index (χ0) is 17.6. The Labute approximate surface area is 153 Å². The Bertz CT molecular complexity index is 913. The number of aryl methyl sites for hydroxylation is 1. The van der Waals surface area contributed by atoms with Crippen molar-refractivity contribution in [2.75, 3.05) is 0 Å². The van der Waals surface area contributed by atoms with Crippen LogP contribution in [0.15, 0.2) is 48.9 Å². The van der Waals surface area contributed by atoms with Crippen LogP contribution in [0.4, 0.5) is 0 Å². The number of benzene rings is 1. The number of fused-ring (bicyclic) bond motifs is 1. The van der Waals surface area contributed by atoms with Crippen molar-refractivity contribution < 1.29 is 5.11 Å². The Morgan fingerprint density at radius 2 is 2.00 bits per heavy atom. The molecule has 0 aliphatic heterocycles. The van der Waals surface area contributed by atoms with Crippen molar-refractivity contribution in [2.45, 2.75) is 51.2 Å². The van der Waals surface area contributed by atoms with Crippen molar-refractivity contribution in [1.29, 1.82) is 0 Å². The monoisotopic (exact) mass is 348 g/mol. The third kappa shape index (κ3) is 2.58. The molecule has 1 N–H and O–H groups in total. The average molecular weight is 348 g/mol. The fourth-order valence-corrected chi connectivity index (χ4v) is 4.77. The van der Waals surface area contributed by atoms with Gasteiger partial charge in [-0.3, -0.25) is 4.68 Å². The van der Waals surface area contributed by atoms with E-state index in [-0.39, 0.29) is 11.5 Å². The first-order chi connectivity index (χ1) is 12.7. The van der Waals surface area contributed by atoms with Gasteiger partial charge >= 0.3 is 0 Å². The van der Waals surface area contributed by atoms with E-state index < -0.39 is 0 Å². The molecule has 2 heterocycles. The standard InChI is InChI=1S/C21H24N4O/c26-20-7-4-9-21(20)10-8-17-12-23-25(19(17)11-21)18-13-22-24(15-18)14-16-5-2-1-3-6-16/h1-3,5-6,12-13,15,20,26H,4,7-11,14H2. The molecule has 5 nitrogen and oxygen atoms in total. The second-order valence-electron chi connectivity index (χ2n) is 7.86. The molecule has 1 saturated carbocycles. The van der Waals surface area contributed by atoms with Gasteiger partial charge in [0.05, 0.1) is 31.2 Å². The van der Waals surface area contributed by atoms with Gasteiger partial charge in [0, 0.05) is 11.1 Å². The lowest BCUT2D eigenvalue weighted by Crippen LogP contribution is -2.36. The van der Waals surface area contributed by atoms with E-state index in [2.05, 4.69) is 40.7 Å². The summed E-state index contributed by atoms with van der Waals surface area (Å²) >= 11 is 0. The second kappa shape index (κ2) is 6.09. The lowest BCUT2D eigenvalue weighted by molar-refractivity contribution is 0.0403. The van der Waals surface area contributed by atoms with Gasteiger partial charge in [0.1, 0.15) is 5.69 Å². The van der Waals surface area contributed by atoms with Crippen LogP contribution in [0.3, 0.4) is 0 Å². The summed E-state index contributed by atoms with van der Waals surface area (Å²) in [5.74, 6) is 0. The Morgan fingerprint density at radius 3 is 2.81 bits per heavy atom. The molecule has 5 rings (SSSR count). The largest absolute Gasteiger partial charge is 0.393 e. The minimum Gasteiger partial charge on any atom is -0.393 e. The summed E-state index contributed by atoms with van der Waals surface area (Å²) in [7, 11) is 0. The van der Waals surface area contributed by atoms with Gasteiger partial charge in [-0.15, -0.1) is 0 Å². The minimum atomic E-state index is -0.167. The van der Waals surface area contributed by atoms with Crippen molar-refractivity contribution in [2.24, 2.45) is 5.41 Å². The van der Waals surface area contributed by atoms with Crippen LogP contribution in [0.5, 0.6) is 0 Å². The summed E-state index contributed by atoms with van der Waals surface area (Å²) < 4.78 is 4.00. The number of aliphatic hydroxyl groups is 1. The van der Waals surface area contributed by atoms with Crippen LogP contribution < -0.4 is 0 Å². The molecule has 2 atom stereocenters. The Balaban J connectivity index is 1.43. The van der Waals surface area contributed by atoms with Crippen molar-refractivity contribution in [1.82, 2.24) is 19.6 Å². The molecule has 1 spiro atoms. The van der Waals surface area contributed by atoms with E-state index in [1.807, 2.05) is 27.8 Å². The molecule has 2 aromatic heterocycles. The highest BCUT2D eigenvalue weighted by molar-refractivity contribution is 5.34. The molecule has 134 valence electrons. The van der Waals surface area contributed by atoms with Crippen molar-refractivity contribution in [3.8, 4) is 5.69 Å². The number of aromatic nitrogens is 4. The molecule has 2 aliphatic carbocycles. The van der Waals surface area contributed by atoms with Gasteiger partial charge in [0.25, 0.3) is 0 Å². The third-order valence-corrected chi connectivity index (χ3v) is 6.28. The summed E-state index contributed by atoms with van der Waals surface area (Å²) in [6.45, 7) is 0.757. The molecule has 0 bridgehead atoms. The van der Waals surface area contributed by atoms with Crippen LogP contribution >= 0.6 is 0 Å². The van der Waals surface area contributed by atoms with Gasteiger partial charge in [-0.05, 0) is 43.2 Å². The number of hydrogen-bond donors (Lipinski definition) is 1. The van der Waals surface area contributed by atoms with Gasteiger partial charge in [-0.25, -0.2) is 4.68 Å². The van der Waals surface area contributed by atoms with Crippen molar-refractivity contribution in [3.05, 3.63) is 65.7 Å². The Hall–Kier alpha value is -2.40. The molecule has 0 saturated heterocycles. The van der Waals surface area contributed by atoms with E-state index in [9.17, 15) is 5.11 Å². The van der Waals surface area contributed by atoms with Crippen LogP contribution in [0.1, 0.15) is 42.5 Å². The van der Waals surface area contributed by atoms with Gasteiger partial charge < -0.3 is 5.11 Å². The van der Waals surface area contributed by atoms with Gasteiger partial charge in [-0.1, -0.05) is 36.8 Å². The highest BCUT2D eigenvalue weighted by atomic mass is 16.3. The first kappa shape index (κ1) is 15.8. The maximum atomic E-state index is 10.6. The van der Waals surface area contributed by atoms with E-state index >= 15 is 0 Å². The first-order valence-electron chi connectivity index (χ1n) is 9.54. The van der Waals surface area contributed by atoms with Gasteiger partial charge in [-0.2, -0.15) is 10.2 Å². The van der Waals surface area contributed by atoms with Gasteiger partial charge in [0.2, 0.25) is 0 Å². The van der Waals surface area contributed by atoms with Crippen LogP contribution in [0.2, 0.25) is 0 Å². The summed E-state index contributed by atoms with van der Waals surface area (Å²) in [5.41, 5.74) is 4.89. The quantitative estimate of drug-likeness (QED) is 0.791. The zero-order valence-corrected chi connectivity index (χ0v) is 14.9. The Kier molecular flexibility index (Phi) is 3.71. The molecule has 2 unspecified atom stereocenters. The minimum absolute atomic E-state index is 0.0603. The summed E-state index contributed by atoms with van der Waals surface area (Å²) in [5, 5.41) is 19.7. The lowest BCUT2D eigenvalue weighted by atomic mass is 9.71. The topological polar surface area (TPSA) is 55.9 Å². The number of rotatable bonds is 3. The SMILES string of the molecule is OC1CCCC12CCc1cnn(-c3cnn(Cc4ccccc4)c3)c1C2. The maximum absolute atomic E-state index is 10.6. The number of nitrogens with zero attached hydrogens (tertiary/aromatic N) is 4. The molecule has 26 heavy (non-hydrogen) atoms. The molecular weight excluding hydrogens is 324 g/mol. The van der Waals surface area contributed by atoms with Crippen LogP contribution in [0.25, 0.3) is 5.69 Å².